The lowest BCUT2D eigenvalue weighted by Gasteiger charge is -2.32. The van der Waals surface area contributed by atoms with E-state index in [1.807, 2.05) is 61.1 Å². The molecular weight excluding hydrogens is 442 g/mol. The number of imidazole rings is 1. The van der Waals surface area contributed by atoms with Crippen LogP contribution in [0.3, 0.4) is 0 Å². The number of anilines is 1. The fourth-order valence-corrected chi connectivity index (χ4v) is 4.89. The van der Waals surface area contributed by atoms with E-state index < -0.39 is 6.10 Å². The number of benzene rings is 2. The van der Waals surface area contributed by atoms with E-state index in [9.17, 15) is 9.59 Å². The van der Waals surface area contributed by atoms with Crippen LogP contribution >= 0.6 is 0 Å². The largest absolute Gasteiger partial charge is 0.365 e. The summed E-state index contributed by atoms with van der Waals surface area (Å²) in [5.41, 5.74) is 6.24. The summed E-state index contributed by atoms with van der Waals surface area (Å²) in [6.45, 7) is 5.25. The van der Waals surface area contributed by atoms with Crippen LogP contribution in [0.15, 0.2) is 42.5 Å². The van der Waals surface area contributed by atoms with Crippen molar-refractivity contribution < 1.29 is 14.3 Å². The second kappa shape index (κ2) is 9.19. The molecule has 0 saturated carbocycles. The number of nitrogens with zero attached hydrogens (tertiary/aromatic N) is 4. The van der Waals surface area contributed by atoms with E-state index in [0.717, 1.165) is 33.4 Å². The average Bonchev–Trinajstić information content (AvgIpc) is 3.31. The van der Waals surface area contributed by atoms with Crippen LogP contribution in [-0.2, 0) is 34.8 Å². The summed E-state index contributed by atoms with van der Waals surface area (Å²) in [5, 5.41) is 4.09. The van der Waals surface area contributed by atoms with Gasteiger partial charge in [-0.15, -0.1) is 0 Å². The predicted molar refractivity (Wildman–Crippen MR) is 136 cm³/mol. The van der Waals surface area contributed by atoms with Crippen molar-refractivity contribution in [2.24, 2.45) is 14.1 Å². The van der Waals surface area contributed by atoms with Crippen molar-refractivity contribution in [1.82, 2.24) is 19.0 Å². The van der Waals surface area contributed by atoms with Crippen molar-refractivity contribution >= 4 is 39.4 Å². The number of hydrogen-bond acceptors (Lipinski definition) is 4. The molecule has 35 heavy (non-hydrogen) atoms. The summed E-state index contributed by atoms with van der Waals surface area (Å²) in [5.74, 6) is 0.654. The third kappa shape index (κ3) is 4.30. The van der Waals surface area contributed by atoms with Crippen LogP contribution in [0.25, 0.3) is 21.9 Å². The Morgan fingerprint density at radius 3 is 2.69 bits per heavy atom. The number of carbonyl (C=O) groups is 2. The molecule has 1 saturated heterocycles. The van der Waals surface area contributed by atoms with Crippen LogP contribution in [0.5, 0.6) is 0 Å². The lowest BCUT2D eigenvalue weighted by molar-refractivity contribution is -0.144. The zero-order chi connectivity index (χ0) is 24.7. The summed E-state index contributed by atoms with van der Waals surface area (Å²) >= 11 is 0. The quantitative estimate of drug-likeness (QED) is 0.481. The van der Waals surface area contributed by atoms with Crippen LogP contribution in [0.1, 0.15) is 23.5 Å². The third-order valence-corrected chi connectivity index (χ3v) is 7.23. The smallest absolute Gasteiger partial charge is 0.255 e. The van der Waals surface area contributed by atoms with Crippen molar-refractivity contribution in [1.29, 1.82) is 0 Å². The minimum absolute atomic E-state index is 0.00922. The first-order chi connectivity index (χ1) is 16.8. The molecule has 0 radical (unpaired) electrons. The number of ether oxygens (including phenoxy) is 1. The molecule has 3 heterocycles. The first kappa shape index (κ1) is 23.1. The summed E-state index contributed by atoms with van der Waals surface area (Å²) in [6, 6.07) is 13.9. The van der Waals surface area contributed by atoms with E-state index >= 15 is 0 Å². The van der Waals surface area contributed by atoms with Crippen molar-refractivity contribution in [3.63, 3.8) is 0 Å². The fraction of sp³-hybridized carbons (Fsp3) is 0.370. The van der Waals surface area contributed by atoms with E-state index in [0.29, 0.717) is 26.0 Å². The van der Waals surface area contributed by atoms with Crippen LogP contribution in [0, 0.1) is 13.8 Å². The Kier molecular flexibility index (Phi) is 6.06. The molecule has 2 amide bonds. The van der Waals surface area contributed by atoms with Gasteiger partial charge in [-0.3, -0.25) is 9.59 Å². The van der Waals surface area contributed by atoms with Crippen molar-refractivity contribution in [2.45, 2.75) is 32.8 Å². The molecule has 1 aliphatic rings. The standard InChI is InChI=1S/C27H31N5O3/c1-17-18(2)30(3)22-10-9-19(15-20(17)22)28-27(34)24-16-32(13-14-35-24)26(33)12-11-25-29-21-7-5-6-8-23(21)31(25)4/h5-10,15,24H,11-14,16H2,1-4H3,(H,28,34). The van der Waals surface area contributed by atoms with Gasteiger partial charge in [0.25, 0.3) is 5.91 Å². The maximum atomic E-state index is 13.0. The highest BCUT2D eigenvalue weighted by Crippen LogP contribution is 2.27. The summed E-state index contributed by atoms with van der Waals surface area (Å²) in [4.78, 5) is 32.3. The third-order valence-electron chi connectivity index (χ3n) is 7.23. The van der Waals surface area contributed by atoms with Gasteiger partial charge in [0, 0.05) is 55.8 Å². The van der Waals surface area contributed by atoms with Crippen molar-refractivity contribution in [3.05, 3.63) is 59.5 Å². The fourth-order valence-electron chi connectivity index (χ4n) is 4.89. The summed E-state index contributed by atoms with van der Waals surface area (Å²) in [7, 11) is 4.01. The van der Waals surface area contributed by atoms with Gasteiger partial charge in [-0.05, 0) is 49.7 Å². The van der Waals surface area contributed by atoms with Gasteiger partial charge in [-0.1, -0.05) is 12.1 Å². The molecule has 0 spiro atoms. The minimum atomic E-state index is -0.697. The van der Waals surface area contributed by atoms with Crippen LogP contribution in [-0.4, -0.2) is 56.6 Å². The number of carbonyl (C=O) groups excluding carboxylic acids is 2. The molecular formula is C27H31N5O3. The lowest BCUT2D eigenvalue weighted by Crippen LogP contribution is -2.50. The zero-order valence-electron chi connectivity index (χ0n) is 20.7. The Labute approximate surface area is 204 Å². The molecule has 8 nitrogen and oxygen atoms in total. The second-order valence-corrected chi connectivity index (χ2v) is 9.27. The highest BCUT2D eigenvalue weighted by molar-refractivity contribution is 5.97. The lowest BCUT2D eigenvalue weighted by atomic mass is 10.1. The molecule has 1 aliphatic heterocycles. The molecule has 182 valence electrons. The molecule has 1 fully saturated rings. The van der Waals surface area contributed by atoms with Gasteiger partial charge in [-0.2, -0.15) is 0 Å². The average molecular weight is 474 g/mol. The maximum Gasteiger partial charge on any atom is 0.255 e. The number of rotatable bonds is 5. The minimum Gasteiger partial charge on any atom is -0.365 e. The van der Waals surface area contributed by atoms with Crippen molar-refractivity contribution in [2.75, 3.05) is 25.0 Å². The molecule has 5 rings (SSSR count). The van der Waals surface area contributed by atoms with Gasteiger partial charge >= 0.3 is 0 Å². The highest BCUT2D eigenvalue weighted by Gasteiger charge is 2.29. The first-order valence-electron chi connectivity index (χ1n) is 12.0. The van der Waals surface area contributed by atoms with Gasteiger partial charge < -0.3 is 24.1 Å². The Bertz CT molecular complexity index is 1430. The van der Waals surface area contributed by atoms with Crippen LogP contribution < -0.4 is 5.32 Å². The van der Waals surface area contributed by atoms with E-state index in [-0.39, 0.29) is 18.4 Å². The van der Waals surface area contributed by atoms with Gasteiger partial charge in [0.05, 0.1) is 24.2 Å². The maximum absolute atomic E-state index is 13.0. The monoisotopic (exact) mass is 473 g/mol. The Morgan fingerprint density at radius 2 is 1.89 bits per heavy atom. The van der Waals surface area contributed by atoms with E-state index in [1.54, 1.807) is 4.90 Å². The highest BCUT2D eigenvalue weighted by atomic mass is 16.5. The molecule has 4 aromatic rings. The number of para-hydroxylation sites is 2. The van der Waals surface area contributed by atoms with E-state index in [2.05, 4.69) is 28.7 Å². The molecule has 2 aromatic carbocycles. The Balaban J connectivity index is 1.21. The summed E-state index contributed by atoms with van der Waals surface area (Å²) in [6.07, 6.45) is 0.195. The van der Waals surface area contributed by atoms with Gasteiger partial charge in [0.1, 0.15) is 5.82 Å². The topological polar surface area (TPSA) is 81.4 Å². The molecule has 0 bridgehead atoms. The molecule has 1 N–H and O–H groups in total. The van der Waals surface area contributed by atoms with Gasteiger partial charge in [0.2, 0.25) is 5.91 Å². The number of aromatic nitrogens is 3. The second-order valence-electron chi connectivity index (χ2n) is 9.27. The van der Waals surface area contributed by atoms with Gasteiger partial charge in [-0.25, -0.2) is 4.98 Å². The molecule has 1 atom stereocenters. The number of hydrogen-bond donors (Lipinski definition) is 1. The van der Waals surface area contributed by atoms with E-state index in [1.165, 1.54) is 11.3 Å². The number of aryl methyl sites for hydroxylation is 4. The first-order valence-corrected chi connectivity index (χ1v) is 12.0. The zero-order valence-corrected chi connectivity index (χ0v) is 20.7. The SMILES string of the molecule is Cc1c(C)n(C)c2ccc(NC(=O)C3CN(C(=O)CCc4nc5ccccc5n4C)CCO3)cc12. The predicted octanol–water partition coefficient (Wildman–Crippen LogP) is 3.48. The number of nitrogens with one attached hydrogen (secondary N) is 1. The molecule has 0 aliphatic carbocycles. The number of fused-ring (bicyclic) bond motifs is 2. The number of amides is 2. The molecule has 2 aromatic heterocycles. The Hall–Kier alpha value is -3.65. The van der Waals surface area contributed by atoms with Crippen LogP contribution in [0.4, 0.5) is 5.69 Å². The normalized spacial score (nSPS) is 16.2. The van der Waals surface area contributed by atoms with E-state index in [4.69, 9.17) is 4.74 Å². The number of morpholine rings is 1. The molecule has 1 unspecified atom stereocenters. The molecule has 8 heteroatoms. The van der Waals surface area contributed by atoms with Gasteiger partial charge in [0.15, 0.2) is 6.10 Å². The van der Waals surface area contributed by atoms with Crippen molar-refractivity contribution in [3.8, 4) is 0 Å². The van der Waals surface area contributed by atoms with Crippen LogP contribution in [0.2, 0.25) is 0 Å². The summed E-state index contributed by atoms with van der Waals surface area (Å²) < 4.78 is 9.91. The Morgan fingerprint density at radius 1 is 1.09 bits per heavy atom.